The van der Waals surface area contributed by atoms with Crippen LogP contribution in [0, 0.1) is 0 Å². The molecule has 2 aromatic rings. The summed E-state index contributed by atoms with van der Waals surface area (Å²) in [5.74, 6) is 0. The van der Waals surface area contributed by atoms with Gasteiger partial charge in [-0.3, -0.25) is 0 Å². The van der Waals surface area contributed by atoms with Crippen LogP contribution in [0.5, 0.6) is 0 Å². The molecule has 0 saturated carbocycles. The van der Waals surface area contributed by atoms with Crippen molar-refractivity contribution in [2.45, 2.75) is 0 Å². The van der Waals surface area contributed by atoms with Crippen LogP contribution in [-0.2, 0) is 0 Å². The van der Waals surface area contributed by atoms with Crippen LogP contribution in [0.2, 0.25) is 0 Å². The third-order valence-electron chi connectivity index (χ3n) is 1.95. The zero-order valence-corrected chi connectivity index (χ0v) is 9.68. The Morgan fingerprint density at radius 3 is 1.93 bits per heavy atom. The summed E-state index contributed by atoms with van der Waals surface area (Å²) in [4.78, 5) is 4.50. The minimum Gasteiger partial charge on any atom is -0.249 e. The maximum Gasteiger partial charge on any atom is 0.0637 e. The Labute approximate surface area is 97.3 Å². The van der Waals surface area contributed by atoms with Crippen molar-refractivity contribution in [3.8, 4) is 0 Å². The van der Waals surface area contributed by atoms with Gasteiger partial charge < -0.3 is 0 Å². The predicted molar refractivity (Wildman–Crippen MR) is 65.8 cm³/mol. The third-order valence-corrected chi connectivity index (χ3v) is 2.48. The van der Waals surface area contributed by atoms with E-state index >= 15 is 0 Å². The Morgan fingerprint density at radius 1 is 0.733 bits per heavy atom. The number of rotatable bonds is 1. The Morgan fingerprint density at radius 2 is 1.33 bits per heavy atom. The Bertz CT molecular complexity index is 481. The summed E-state index contributed by atoms with van der Waals surface area (Å²) in [7, 11) is 0. The highest BCUT2D eigenvalue weighted by atomic mass is 79.9. The molecule has 2 heteroatoms. The summed E-state index contributed by atoms with van der Waals surface area (Å²) in [6.07, 6.45) is 0. The molecule has 2 aromatic carbocycles. The van der Waals surface area contributed by atoms with E-state index in [2.05, 4.69) is 20.9 Å². The molecule has 0 aliphatic heterocycles. The highest BCUT2D eigenvalue weighted by Crippen LogP contribution is 2.15. The number of hydrogen-bond acceptors (Lipinski definition) is 1. The average Bonchev–Trinajstić information content (AvgIpc) is 2.50. The van der Waals surface area contributed by atoms with Crippen molar-refractivity contribution in [1.82, 2.24) is 0 Å². The maximum absolute atomic E-state index is 4.50. The van der Waals surface area contributed by atoms with E-state index in [9.17, 15) is 0 Å². The largest absolute Gasteiger partial charge is 0.249 e. The van der Waals surface area contributed by atoms with Crippen LogP contribution in [0.1, 0.15) is 0 Å². The molecule has 0 aromatic heterocycles. The fraction of sp³-hybridized carbons (Fsp3) is 0. The van der Waals surface area contributed by atoms with Crippen molar-refractivity contribution >= 4 is 21.6 Å². The van der Waals surface area contributed by atoms with Crippen molar-refractivity contribution in [3.05, 3.63) is 70.5 Å². The summed E-state index contributed by atoms with van der Waals surface area (Å²) in [5.41, 5.74) is 0.962. The molecule has 0 amide bonds. The minimum absolute atomic E-state index is 0.960. The van der Waals surface area contributed by atoms with Gasteiger partial charge in [0.25, 0.3) is 0 Å². The van der Waals surface area contributed by atoms with Crippen molar-refractivity contribution in [3.63, 3.8) is 0 Å². The fourth-order valence-electron chi connectivity index (χ4n) is 1.23. The molecule has 0 saturated heterocycles. The lowest BCUT2D eigenvalue weighted by molar-refractivity contribution is 1.35. The molecular formula is C13H10BrN. The molecule has 0 aliphatic rings. The topological polar surface area (TPSA) is 12.4 Å². The minimum atomic E-state index is 0.960. The third kappa shape index (κ3) is 3.03. The monoisotopic (exact) mass is 259 g/mol. The standard InChI is InChI=1S/C13H10BrN/c14-11-7-9-13(10-8-11)15-12-5-3-1-2-4-6-12/h1-10H. The van der Waals surface area contributed by atoms with E-state index in [1.54, 1.807) is 0 Å². The molecule has 0 fully saturated rings. The first kappa shape index (κ1) is 10.1. The van der Waals surface area contributed by atoms with Gasteiger partial charge in [-0.05, 0) is 36.4 Å². The van der Waals surface area contributed by atoms with Gasteiger partial charge in [0.05, 0.1) is 11.0 Å². The van der Waals surface area contributed by atoms with Gasteiger partial charge in [-0.1, -0.05) is 40.2 Å². The maximum atomic E-state index is 4.50. The van der Waals surface area contributed by atoms with Crippen LogP contribution in [0.25, 0.3) is 0 Å². The van der Waals surface area contributed by atoms with E-state index in [1.165, 1.54) is 0 Å². The van der Waals surface area contributed by atoms with Gasteiger partial charge >= 0.3 is 0 Å². The zero-order valence-electron chi connectivity index (χ0n) is 8.10. The van der Waals surface area contributed by atoms with Crippen LogP contribution in [-0.4, -0.2) is 0 Å². The van der Waals surface area contributed by atoms with Crippen LogP contribution in [0.3, 0.4) is 0 Å². The summed E-state index contributed by atoms with van der Waals surface area (Å²) in [6.45, 7) is 0. The van der Waals surface area contributed by atoms with E-state index in [4.69, 9.17) is 0 Å². The van der Waals surface area contributed by atoms with Gasteiger partial charge in [0.15, 0.2) is 0 Å². The Balaban J connectivity index is 2.43. The van der Waals surface area contributed by atoms with Crippen LogP contribution < -0.4 is 5.36 Å². The van der Waals surface area contributed by atoms with E-state index in [-0.39, 0.29) is 0 Å². The SMILES string of the molecule is Brc1ccc(N=c2cccccc2)cc1. The van der Waals surface area contributed by atoms with Gasteiger partial charge in [0.2, 0.25) is 0 Å². The Hall–Kier alpha value is -1.41. The number of halogens is 1. The van der Waals surface area contributed by atoms with Gasteiger partial charge in [-0.25, -0.2) is 4.99 Å². The van der Waals surface area contributed by atoms with Crippen LogP contribution in [0.4, 0.5) is 5.69 Å². The molecule has 1 nitrogen and oxygen atoms in total. The van der Waals surface area contributed by atoms with E-state index in [1.807, 2.05) is 60.7 Å². The smallest absolute Gasteiger partial charge is 0.0637 e. The Kier molecular flexibility index (Phi) is 3.30. The molecule has 0 spiro atoms. The average molecular weight is 260 g/mol. The van der Waals surface area contributed by atoms with Crippen molar-refractivity contribution in [2.24, 2.45) is 4.99 Å². The van der Waals surface area contributed by atoms with Crippen LogP contribution >= 0.6 is 15.9 Å². The lowest BCUT2D eigenvalue weighted by Crippen LogP contribution is -1.93. The van der Waals surface area contributed by atoms with Crippen molar-refractivity contribution in [1.29, 1.82) is 0 Å². The first-order chi connectivity index (χ1) is 7.34. The highest BCUT2D eigenvalue weighted by Gasteiger charge is 1.87. The molecule has 74 valence electrons. The molecule has 0 atom stereocenters. The zero-order chi connectivity index (χ0) is 10.5. The number of nitrogens with zero attached hydrogens (tertiary/aromatic N) is 1. The summed E-state index contributed by atoms with van der Waals surface area (Å²) in [6, 6.07) is 19.9. The second-order valence-corrected chi connectivity index (χ2v) is 4.03. The molecule has 0 aliphatic carbocycles. The van der Waals surface area contributed by atoms with Gasteiger partial charge in [0.1, 0.15) is 0 Å². The lowest BCUT2D eigenvalue weighted by atomic mass is 10.3. The molecular weight excluding hydrogens is 250 g/mol. The van der Waals surface area contributed by atoms with E-state index < -0.39 is 0 Å². The normalized spacial score (nSPS) is 9.67. The molecule has 0 bridgehead atoms. The number of benzene rings is 1. The first-order valence-electron chi connectivity index (χ1n) is 4.70. The second-order valence-electron chi connectivity index (χ2n) is 3.12. The van der Waals surface area contributed by atoms with Gasteiger partial charge in [0, 0.05) is 4.47 Å². The quantitative estimate of drug-likeness (QED) is 0.741. The van der Waals surface area contributed by atoms with Crippen molar-refractivity contribution < 1.29 is 0 Å². The predicted octanol–water partition coefficient (Wildman–Crippen LogP) is 3.68. The summed E-state index contributed by atoms with van der Waals surface area (Å²) in [5, 5.41) is 0.960. The second kappa shape index (κ2) is 4.89. The molecule has 0 radical (unpaired) electrons. The van der Waals surface area contributed by atoms with Crippen LogP contribution in [0.15, 0.2) is 70.1 Å². The fourth-order valence-corrected chi connectivity index (χ4v) is 1.50. The van der Waals surface area contributed by atoms with Crippen molar-refractivity contribution in [2.75, 3.05) is 0 Å². The number of hydrogen-bond donors (Lipinski definition) is 0. The first-order valence-corrected chi connectivity index (χ1v) is 5.49. The molecule has 0 heterocycles. The molecule has 0 unspecified atom stereocenters. The van der Waals surface area contributed by atoms with E-state index in [0.29, 0.717) is 0 Å². The summed E-state index contributed by atoms with van der Waals surface area (Å²) < 4.78 is 1.07. The lowest BCUT2D eigenvalue weighted by Gasteiger charge is -1.92. The molecule has 15 heavy (non-hydrogen) atoms. The van der Waals surface area contributed by atoms with Gasteiger partial charge in [-0.15, -0.1) is 0 Å². The van der Waals surface area contributed by atoms with E-state index in [0.717, 1.165) is 15.5 Å². The highest BCUT2D eigenvalue weighted by molar-refractivity contribution is 9.10. The molecule has 0 N–H and O–H groups in total. The van der Waals surface area contributed by atoms with Gasteiger partial charge in [-0.2, -0.15) is 0 Å². The summed E-state index contributed by atoms with van der Waals surface area (Å²) >= 11 is 3.40. The molecule has 2 rings (SSSR count).